The first-order valence-electron chi connectivity index (χ1n) is 5.65. The molecule has 0 unspecified atom stereocenters. The van der Waals surface area contributed by atoms with E-state index in [1.165, 1.54) is 17.9 Å². The zero-order valence-corrected chi connectivity index (χ0v) is 11.3. The van der Waals surface area contributed by atoms with Crippen LogP contribution in [0, 0.1) is 0 Å². The minimum absolute atomic E-state index is 0.0109. The maximum absolute atomic E-state index is 11.1. The molecule has 1 rings (SSSR count). The first kappa shape index (κ1) is 19.3. The van der Waals surface area contributed by atoms with Gasteiger partial charge in [-0.05, 0) is 5.10 Å². The van der Waals surface area contributed by atoms with Crippen molar-refractivity contribution in [2.24, 2.45) is 0 Å². The van der Waals surface area contributed by atoms with Gasteiger partial charge in [0.1, 0.15) is 18.6 Å². The van der Waals surface area contributed by atoms with Crippen LogP contribution in [0.5, 0.6) is 0 Å². The molecule has 1 aromatic rings. The highest BCUT2D eigenvalue weighted by Crippen LogP contribution is 2.11. The second kappa shape index (κ2) is 8.54. The van der Waals surface area contributed by atoms with Gasteiger partial charge in [-0.15, -0.1) is 0 Å². The molecule has 0 aliphatic heterocycles. The highest BCUT2D eigenvalue weighted by Gasteiger charge is 2.28. The molecule has 0 atom stereocenters. The smallest absolute Gasteiger partial charge is 0.430 e. The van der Waals surface area contributed by atoms with Crippen molar-refractivity contribution >= 4 is 17.8 Å². The van der Waals surface area contributed by atoms with Crippen molar-refractivity contribution in [2.75, 3.05) is 7.05 Å². The van der Waals surface area contributed by atoms with Crippen LogP contribution in [0.2, 0.25) is 0 Å². The summed E-state index contributed by atoms with van der Waals surface area (Å²) < 4.78 is 33.0. The van der Waals surface area contributed by atoms with Crippen LogP contribution in [0.15, 0.2) is 18.5 Å². The third kappa shape index (κ3) is 7.77. The number of nitrogens with one attached hydrogen (secondary N) is 1. The molecule has 0 saturated heterocycles. The van der Waals surface area contributed by atoms with E-state index in [1.807, 2.05) is 0 Å². The van der Waals surface area contributed by atoms with Crippen molar-refractivity contribution in [3.05, 3.63) is 24.0 Å². The van der Waals surface area contributed by atoms with Gasteiger partial charge < -0.3 is 20.3 Å². The number of carbonyl (C=O) groups is 3. The van der Waals surface area contributed by atoms with Gasteiger partial charge in [0, 0.05) is 13.1 Å². The van der Waals surface area contributed by atoms with E-state index < -0.39 is 18.1 Å². The lowest BCUT2D eigenvalue weighted by atomic mass is 10.3. The molecule has 0 spiro atoms. The predicted octanol–water partition coefficient (Wildman–Crippen LogP) is -1.50. The van der Waals surface area contributed by atoms with Crippen LogP contribution in [0.3, 0.4) is 0 Å². The third-order valence-electron chi connectivity index (χ3n) is 2.05. The van der Waals surface area contributed by atoms with Gasteiger partial charge in [0.05, 0.1) is 5.56 Å². The Kier molecular flexibility index (Phi) is 7.49. The van der Waals surface area contributed by atoms with Gasteiger partial charge in [0.2, 0.25) is 0 Å². The summed E-state index contributed by atoms with van der Waals surface area (Å²) in [5.41, 5.74) is 0.448. The Hall–Kier alpha value is -2.72. The number of hydrogen-bond donors (Lipinski definition) is 2. The predicted molar refractivity (Wildman–Crippen MR) is 61.1 cm³/mol. The Morgan fingerprint density at radius 3 is 2.27 bits per heavy atom. The highest BCUT2D eigenvalue weighted by molar-refractivity contribution is 5.93. The van der Waals surface area contributed by atoms with E-state index in [-0.39, 0.29) is 12.3 Å². The maximum atomic E-state index is 11.1. The van der Waals surface area contributed by atoms with Crippen LogP contribution in [0.25, 0.3) is 0 Å². The lowest BCUT2D eigenvalue weighted by Crippen LogP contribution is -2.39. The number of nitrogens with zero attached hydrogens (tertiary/aromatic N) is 2. The molecule has 11 heteroatoms. The number of halogens is 3. The fourth-order valence-electron chi connectivity index (χ4n) is 1.01. The number of amides is 1. The number of rotatable bonds is 4. The molecular formula is C11H12F3N3O5. The molecule has 1 amide bonds. The third-order valence-corrected chi connectivity index (χ3v) is 2.05. The molecule has 0 bridgehead atoms. The van der Waals surface area contributed by atoms with Crippen molar-refractivity contribution in [2.45, 2.75) is 19.1 Å². The van der Waals surface area contributed by atoms with Crippen LogP contribution >= 0.6 is 0 Å². The average molecular weight is 323 g/mol. The van der Waals surface area contributed by atoms with Crippen LogP contribution in [0.1, 0.15) is 16.8 Å². The minimum Gasteiger partial charge on any atom is -0.542 e. The summed E-state index contributed by atoms with van der Waals surface area (Å²) in [5.74, 6) is -4.10. The zero-order valence-electron chi connectivity index (χ0n) is 11.3. The summed E-state index contributed by atoms with van der Waals surface area (Å²) in [4.78, 5) is 30.2. The molecule has 122 valence electrons. The molecule has 8 nitrogen and oxygen atoms in total. The Labute approximate surface area is 122 Å². The van der Waals surface area contributed by atoms with E-state index in [0.29, 0.717) is 12.1 Å². The van der Waals surface area contributed by atoms with Gasteiger partial charge in [-0.3, -0.25) is 9.59 Å². The molecule has 22 heavy (non-hydrogen) atoms. The maximum Gasteiger partial charge on any atom is 0.430 e. The molecule has 0 radical (unpaired) electrons. The summed E-state index contributed by atoms with van der Waals surface area (Å²) >= 11 is 0. The van der Waals surface area contributed by atoms with Gasteiger partial charge in [0.15, 0.2) is 12.7 Å². The van der Waals surface area contributed by atoms with E-state index in [0.717, 1.165) is 0 Å². The van der Waals surface area contributed by atoms with Crippen molar-refractivity contribution in [1.82, 2.24) is 10.4 Å². The van der Waals surface area contributed by atoms with Crippen LogP contribution in [-0.2, 0) is 16.1 Å². The van der Waals surface area contributed by atoms with Gasteiger partial charge in [-0.25, -0.2) is 0 Å². The monoisotopic (exact) mass is 323 g/mol. The average Bonchev–Trinajstić information content (AvgIpc) is 2.44. The molecule has 0 aromatic carbocycles. The number of aliphatic carboxylic acids is 2. The second-order valence-electron chi connectivity index (χ2n) is 3.69. The number of aromatic nitrogens is 2. The van der Waals surface area contributed by atoms with Crippen molar-refractivity contribution in [3.8, 4) is 0 Å². The van der Waals surface area contributed by atoms with Crippen LogP contribution < -0.4 is 15.1 Å². The number of aryl methyl sites for hydroxylation is 1. The Morgan fingerprint density at radius 1 is 1.41 bits per heavy atom. The van der Waals surface area contributed by atoms with E-state index in [1.54, 1.807) is 12.3 Å². The SMILES string of the molecule is CNC(=O)c1cc[n+](CCC(=O)O)nc1.O=C([O-])C(F)(F)F. The Balaban J connectivity index is 0.000000534. The molecular weight excluding hydrogens is 311 g/mol. The van der Waals surface area contributed by atoms with Crippen molar-refractivity contribution in [3.63, 3.8) is 0 Å². The summed E-state index contributed by atoms with van der Waals surface area (Å²) in [6, 6.07) is 1.59. The lowest BCUT2D eigenvalue weighted by Gasteiger charge is -2.03. The molecule has 0 fully saturated rings. The molecule has 1 aromatic heterocycles. The first-order chi connectivity index (χ1) is 10.1. The molecule has 0 saturated carbocycles. The number of alkyl halides is 3. The summed E-state index contributed by atoms with van der Waals surface area (Å²) in [5, 5.41) is 23.6. The van der Waals surface area contributed by atoms with Crippen LogP contribution in [-0.4, -0.2) is 41.3 Å². The van der Waals surface area contributed by atoms with E-state index >= 15 is 0 Å². The number of carboxylic acid groups (broad SMARTS) is 2. The van der Waals surface area contributed by atoms with Crippen molar-refractivity contribution < 1.29 is 42.4 Å². The number of carboxylic acids is 2. The van der Waals surface area contributed by atoms with Crippen molar-refractivity contribution in [1.29, 1.82) is 0 Å². The molecule has 1 heterocycles. The topological polar surface area (TPSA) is 123 Å². The first-order valence-corrected chi connectivity index (χ1v) is 5.65. The fourth-order valence-corrected chi connectivity index (χ4v) is 1.01. The number of hydrogen-bond acceptors (Lipinski definition) is 5. The summed E-state index contributed by atoms with van der Waals surface area (Å²) in [6.07, 6.45) is -2.20. The number of carbonyl (C=O) groups excluding carboxylic acids is 2. The Morgan fingerprint density at radius 2 is 1.95 bits per heavy atom. The summed E-state index contributed by atoms with van der Waals surface area (Å²) in [6.45, 7) is 0.295. The summed E-state index contributed by atoms with van der Waals surface area (Å²) in [7, 11) is 1.54. The molecule has 0 aliphatic rings. The van der Waals surface area contributed by atoms with Crippen LogP contribution in [0.4, 0.5) is 13.2 Å². The lowest BCUT2D eigenvalue weighted by molar-refractivity contribution is -0.753. The van der Waals surface area contributed by atoms with Gasteiger partial charge in [0.25, 0.3) is 5.91 Å². The van der Waals surface area contributed by atoms with Gasteiger partial charge in [-0.2, -0.15) is 13.2 Å². The van der Waals surface area contributed by atoms with E-state index in [9.17, 15) is 22.8 Å². The fraction of sp³-hybridized carbons (Fsp3) is 0.364. The highest BCUT2D eigenvalue weighted by atomic mass is 19.4. The quantitative estimate of drug-likeness (QED) is 0.650. The zero-order chi connectivity index (χ0) is 17.3. The largest absolute Gasteiger partial charge is 0.542 e. The van der Waals surface area contributed by atoms with Gasteiger partial charge in [-0.1, -0.05) is 4.68 Å². The Bertz CT molecular complexity index is 531. The van der Waals surface area contributed by atoms with E-state index in [2.05, 4.69) is 10.4 Å². The molecule has 0 aliphatic carbocycles. The normalized spacial score (nSPS) is 10.2. The standard InChI is InChI=1S/C9H11N3O3.C2HF3O2/c1-10-9(15)7-2-4-12(11-6-7)5-3-8(13)14;3-2(4,5)1(6)7/h2,4,6H,3,5H2,1H3,(H-,10,13,14,15);(H,6,7). The second-order valence-corrected chi connectivity index (χ2v) is 3.69. The van der Waals surface area contributed by atoms with Gasteiger partial charge >= 0.3 is 12.1 Å². The molecule has 2 N–H and O–H groups in total. The minimum atomic E-state index is -5.19. The van der Waals surface area contributed by atoms with E-state index in [4.69, 9.17) is 15.0 Å².